The molecule has 0 saturated heterocycles. The highest BCUT2D eigenvalue weighted by atomic mass is 16.4. The first-order valence-electron chi connectivity index (χ1n) is 9.00. The van der Waals surface area contributed by atoms with Gasteiger partial charge in [-0.25, -0.2) is 4.79 Å². The number of amides is 2. The molecule has 0 spiro atoms. The number of nitrogens with two attached hydrogens (primary N) is 1. The molecule has 0 saturated carbocycles. The Morgan fingerprint density at radius 2 is 2.07 bits per heavy atom. The molecular weight excluding hydrogens is 344 g/mol. The van der Waals surface area contributed by atoms with Crippen molar-refractivity contribution in [2.75, 3.05) is 17.3 Å². The van der Waals surface area contributed by atoms with Crippen molar-refractivity contribution in [1.29, 1.82) is 0 Å². The molecule has 2 atom stereocenters. The van der Waals surface area contributed by atoms with Crippen LogP contribution >= 0.6 is 0 Å². The van der Waals surface area contributed by atoms with Crippen molar-refractivity contribution < 1.29 is 14.7 Å². The van der Waals surface area contributed by atoms with E-state index in [2.05, 4.69) is 10.3 Å². The lowest BCUT2D eigenvalue weighted by molar-refractivity contribution is -0.119. The van der Waals surface area contributed by atoms with Gasteiger partial charge in [0, 0.05) is 36.5 Å². The second-order valence-corrected chi connectivity index (χ2v) is 6.97. The third kappa shape index (κ3) is 4.09. The van der Waals surface area contributed by atoms with Gasteiger partial charge in [0.1, 0.15) is 0 Å². The largest absolute Gasteiger partial charge is 0.465 e. The minimum absolute atomic E-state index is 0.0881. The Morgan fingerprint density at radius 3 is 2.81 bits per heavy atom. The van der Waals surface area contributed by atoms with E-state index < -0.39 is 6.09 Å². The van der Waals surface area contributed by atoms with Crippen molar-refractivity contribution in [2.45, 2.75) is 32.2 Å². The molecule has 1 aliphatic rings. The third-order valence-electron chi connectivity index (χ3n) is 5.01. The average molecular weight is 368 g/mol. The van der Waals surface area contributed by atoms with Gasteiger partial charge < -0.3 is 16.2 Å². The number of carboxylic acid groups (broad SMARTS) is 1. The van der Waals surface area contributed by atoms with Crippen LogP contribution in [0.25, 0.3) is 11.1 Å². The molecule has 0 aliphatic carbocycles. The lowest BCUT2D eigenvalue weighted by Gasteiger charge is -2.21. The van der Waals surface area contributed by atoms with Gasteiger partial charge in [0.05, 0.1) is 11.4 Å². The Hall–Kier alpha value is -2.93. The van der Waals surface area contributed by atoms with Crippen LogP contribution in [0.2, 0.25) is 0 Å². The quantitative estimate of drug-likeness (QED) is 0.712. The van der Waals surface area contributed by atoms with Crippen molar-refractivity contribution in [3.05, 3.63) is 42.2 Å². The molecule has 27 heavy (non-hydrogen) atoms. The maximum absolute atomic E-state index is 12.6. The number of anilines is 2. The summed E-state index contributed by atoms with van der Waals surface area (Å²) >= 11 is 0. The fourth-order valence-corrected chi connectivity index (χ4v) is 3.20. The first kappa shape index (κ1) is 18.8. The number of fused-ring (bicyclic) bond motifs is 4. The second-order valence-electron chi connectivity index (χ2n) is 6.97. The second kappa shape index (κ2) is 7.75. The van der Waals surface area contributed by atoms with Gasteiger partial charge in [0.15, 0.2) is 0 Å². The van der Waals surface area contributed by atoms with E-state index in [9.17, 15) is 14.7 Å². The van der Waals surface area contributed by atoms with Crippen molar-refractivity contribution in [1.82, 2.24) is 4.98 Å². The number of aromatic nitrogens is 1. The van der Waals surface area contributed by atoms with Gasteiger partial charge in [-0.15, -0.1) is 0 Å². The number of pyridine rings is 1. The van der Waals surface area contributed by atoms with E-state index in [-0.39, 0.29) is 17.9 Å². The minimum atomic E-state index is -1.07. The fourth-order valence-electron chi connectivity index (χ4n) is 3.20. The standard InChI is InChI=1S/C20H24N4O3/c1-12-4-3-5-16(21)18-10-13(8-9-22-18)15-7-6-14(24(2)20(26)27)11-17(15)23-19(12)25/h6-12,16H,3-5,21H2,1-2H3,(H,23,25)(H,26,27)/t12-,16+/m1/s1. The lowest BCUT2D eigenvalue weighted by atomic mass is 9.96. The van der Waals surface area contributed by atoms with Gasteiger partial charge in [0.25, 0.3) is 0 Å². The first-order valence-corrected chi connectivity index (χ1v) is 9.00. The van der Waals surface area contributed by atoms with E-state index in [1.807, 2.05) is 25.1 Å². The maximum atomic E-state index is 12.6. The van der Waals surface area contributed by atoms with E-state index in [0.29, 0.717) is 11.4 Å². The van der Waals surface area contributed by atoms with Crippen LogP contribution in [-0.4, -0.2) is 29.1 Å². The van der Waals surface area contributed by atoms with Crippen molar-refractivity contribution in [3.8, 4) is 11.1 Å². The monoisotopic (exact) mass is 368 g/mol. The molecule has 0 radical (unpaired) electrons. The number of carbonyl (C=O) groups excluding carboxylic acids is 1. The van der Waals surface area contributed by atoms with E-state index in [1.54, 1.807) is 18.3 Å². The van der Waals surface area contributed by atoms with Crippen LogP contribution in [0.15, 0.2) is 36.5 Å². The number of benzene rings is 1. The predicted octanol–water partition coefficient (Wildman–Crippen LogP) is 3.62. The van der Waals surface area contributed by atoms with E-state index in [1.165, 1.54) is 7.05 Å². The van der Waals surface area contributed by atoms with Crippen LogP contribution < -0.4 is 16.0 Å². The molecular formula is C20H24N4O3. The lowest BCUT2D eigenvalue weighted by Crippen LogP contribution is -2.25. The zero-order chi connectivity index (χ0) is 19.6. The van der Waals surface area contributed by atoms with Crippen LogP contribution in [0.3, 0.4) is 0 Å². The third-order valence-corrected chi connectivity index (χ3v) is 5.01. The Balaban J connectivity index is 2.13. The fraction of sp³-hybridized carbons (Fsp3) is 0.350. The highest BCUT2D eigenvalue weighted by molar-refractivity contribution is 5.98. The van der Waals surface area contributed by atoms with Gasteiger partial charge in [-0.1, -0.05) is 19.4 Å². The van der Waals surface area contributed by atoms with Gasteiger partial charge in [-0.05, 0) is 42.7 Å². The molecule has 2 heterocycles. The number of nitrogens with one attached hydrogen (secondary N) is 1. The van der Waals surface area contributed by atoms with Crippen LogP contribution in [0, 0.1) is 5.92 Å². The molecule has 142 valence electrons. The molecule has 7 nitrogen and oxygen atoms in total. The SMILES string of the molecule is C[C@@H]1CCC[C@H](N)c2cc(ccn2)-c2ccc(N(C)C(=O)O)cc2NC1=O. The highest BCUT2D eigenvalue weighted by Gasteiger charge is 2.20. The summed E-state index contributed by atoms with van der Waals surface area (Å²) in [7, 11) is 1.47. The number of hydrogen-bond donors (Lipinski definition) is 3. The first-order chi connectivity index (χ1) is 12.9. The van der Waals surface area contributed by atoms with Gasteiger partial charge in [-0.2, -0.15) is 0 Å². The average Bonchev–Trinajstić information content (AvgIpc) is 2.66. The molecule has 2 aromatic rings. The predicted molar refractivity (Wildman–Crippen MR) is 105 cm³/mol. The summed E-state index contributed by atoms with van der Waals surface area (Å²) in [6.45, 7) is 1.89. The molecule has 1 aliphatic heterocycles. The maximum Gasteiger partial charge on any atom is 0.411 e. The summed E-state index contributed by atoms with van der Waals surface area (Å²) in [6, 6.07) is 8.82. The van der Waals surface area contributed by atoms with Crippen LogP contribution in [0.1, 0.15) is 37.9 Å². The molecule has 7 heteroatoms. The molecule has 0 fully saturated rings. The van der Waals surface area contributed by atoms with Crippen LogP contribution in [0.4, 0.5) is 16.2 Å². The van der Waals surface area contributed by atoms with E-state index >= 15 is 0 Å². The minimum Gasteiger partial charge on any atom is -0.465 e. The Morgan fingerprint density at radius 1 is 1.30 bits per heavy atom. The Kier molecular flexibility index (Phi) is 5.41. The summed E-state index contributed by atoms with van der Waals surface area (Å²) in [6.07, 6.45) is 2.96. The van der Waals surface area contributed by atoms with Crippen molar-refractivity contribution in [3.63, 3.8) is 0 Å². The van der Waals surface area contributed by atoms with Crippen LogP contribution in [0.5, 0.6) is 0 Å². The van der Waals surface area contributed by atoms with Gasteiger partial charge >= 0.3 is 6.09 Å². The summed E-state index contributed by atoms with van der Waals surface area (Å²) in [5.74, 6) is -0.258. The zero-order valence-corrected chi connectivity index (χ0v) is 15.5. The number of hydrogen-bond acceptors (Lipinski definition) is 4. The molecule has 4 N–H and O–H groups in total. The zero-order valence-electron chi connectivity index (χ0n) is 15.5. The smallest absolute Gasteiger partial charge is 0.411 e. The Bertz CT molecular complexity index is 868. The molecule has 3 rings (SSSR count). The highest BCUT2D eigenvalue weighted by Crippen LogP contribution is 2.34. The number of nitrogens with zero attached hydrogens (tertiary/aromatic N) is 2. The van der Waals surface area contributed by atoms with Crippen molar-refractivity contribution in [2.24, 2.45) is 11.7 Å². The summed E-state index contributed by atoms with van der Waals surface area (Å²) in [4.78, 5) is 29.4. The molecule has 2 bridgehead atoms. The molecule has 1 aromatic carbocycles. The van der Waals surface area contributed by atoms with Crippen molar-refractivity contribution >= 4 is 23.4 Å². The molecule has 0 unspecified atom stereocenters. The molecule has 1 aromatic heterocycles. The van der Waals surface area contributed by atoms with E-state index in [4.69, 9.17) is 5.73 Å². The number of rotatable bonds is 1. The molecule has 2 amide bonds. The number of carbonyl (C=O) groups is 2. The van der Waals surface area contributed by atoms with Gasteiger partial charge in [-0.3, -0.25) is 14.7 Å². The summed E-state index contributed by atoms with van der Waals surface area (Å²) < 4.78 is 0. The van der Waals surface area contributed by atoms with Crippen LogP contribution in [-0.2, 0) is 4.79 Å². The normalized spacial score (nSPS) is 19.9. The van der Waals surface area contributed by atoms with Gasteiger partial charge in [0.2, 0.25) is 5.91 Å². The summed E-state index contributed by atoms with van der Waals surface area (Å²) in [5, 5.41) is 12.2. The topological polar surface area (TPSA) is 109 Å². The summed E-state index contributed by atoms with van der Waals surface area (Å²) in [5.41, 5.74) is 9.82. The Labute approximate surface area is 158 Å². The van der Waals surface area contributed by atoms with E-state index in [0.717, 1.165) is 41.0 Å².